The molecule has 0 saturated carbocycles. The summed E-state index contributed by atoms with van der Waals surface area (Å²) in [6.07, 6.45) is 3.36. The van der Waals surface area contributed by atoms with Crippen LogP contribution in [0.2, 0.25) is 0 Å². The molecule has 6 heteroatoms. The Bertz CT molecular complexity index is 569. The van der Waals surface area contributed by atoms with Gasteiger partial charge in [0.25, 0.3) is 0 Å². The minimum absolute atomic E-state index is 0.142. The lowest BCUT2D eigenvalue weighted by Gasteiger charge is -2.33. The molecule has 1 aromatic carbocycles. The summed E-state index contributed by atoms with van der Waals surface area (Å²) < 4.78 is 4.95. The van der Waals surface area contributed by atoms with Crippen LogP contribution in [-0.4, -0.2) is 55.7 Å². The number of carbonyl (C=O) groups is 1. The maximum atomic E-state index is 11.4. The molecule has 6 nitrogen and oxygen atoms in total. The minimum atomic E-state index is -0.142. The zero-order valence-corrected chi connectivity index (χ0v) is 16.7. The number of aliphatic imine (C=N–C) groups is 1. The van der Waals surface area contributed by atoms with E-state index < -0.39 is 0 Å². The van der Waals surface area contributed by atoms with E-state index in [1.54, 1.807) is 0 Å². The molecule has 2 N–H and O–H groups in total. The fraction of sp³-hybridized carbons (Fsp3) is 0.619. The molecule has 1 saturated heterocycles. The Balaban J connectivity index is 1.71. The number of benzene rings is 1. The van der Waals surface area contributed by atoms with Crippen molar-refractivity contribution in [1.29, 1.82) is 0 Å². The van der Waals surface area contributed by atoms with Gasteiger partial charge in [0.2, 0.25) is 0 Å². The summed E-state index contributed by atoms with van der Waals surface area (Å²) >= 11 is 0. The van der Waals surface area contributed by atoms with Crippen molar-refractivity contribution in [1.82, 2.24) is 15.5 Å². The highest BCUT2D eigenvalue weighted by molar-refractivity contribution is 5.80. The topological polar surface area (TPSA) is 66.0 Å². The Morgan fingerprint density at radius 3 is 2.63 bits per heavy atom. The van der Waals surface area contributed by atoms with Crippen LogP contribution in [0.5, 0.6) is 0 Å². The van der Waals surface area contributed by atoms with Gasteiger partial charge in [0.05, 0.1) is 6.61 Å². The molecule has 0 spiro atoms. The monoisotopic (exact) mass is 374 g/mol. The Hall–Kier alpha value is -2.08. The second kappa shape index (κ2) is 12.3. The fourth-order valence-corrected chi connectivity index (χ4v) is 3.24. The first-order valence-electron chi connectivity index (χ1n) is 10.2. The summed E-state index contributed by atoms with van der Waals surface area (Å²) in [6.45, 7) is 9.00. The van der Waals surface area contributed by atoms with Gasteiger partial charge in [0.15, 0.2) is 5.96 Å². The van der Waals surface area contributed by atoms with Crippen LogP contribution in [0.25, 0.3) is 0 Å². The molecule has 0 atom stereocenters. The molecule has 150 valence electrons. The van der Waals surface area contributed by atoms with Gasteiger partial charge in [-0.1, -0.05) is 30.3 Å². The lowest BCUT2D eigenvalue weighted by atomic mass is 10.0. The highest BCUT2D eigenvalue weighted by atomic mass is 16.5. The molecule has 0 bridgehead atoms. The third-order valence-corrected chi connectivity index (χ3v) is 4.64. The van der Waals surface area contributed by atoms with Crippen LogP contribution >= 0.6 is 0 Å². The van der Waals surface area contributed by atoms with Crippen LogP contribution in [0, 0.1) is 0 Å². The fourth-order valence-electron chi connectivity index (χ4n) is 3.24. The quantitative estimate of drug-likeness (QED) is 0.301. The normalized spacial score (nSPS) is 16.1. The summed E-state index contributed by atoms with van der Waals surface area (Å²) in [5.41, 5.74) is 1.38. The third kappa shape index (κ3) is 8.43. The van der Waals surface area contributed by atoms with Gasteiger partial charge >= 0.3 is 5.97 Å². The van der Waals surface area contributed by atoms with Gasteiger partial charge in [0.1, 0.15) is 0 Å². The van der Waals surface area contributed by atoms with E-state index in [0.29, 0.717) is 32.0 Å². The summed E-state index contributed by atoms with van der Waals surface area (Å²) in [5, 5.41) is 6.85. The molecular weight excluding hydrogens is 340 g/mol. The van der Waals surface area contributed by atoms with E-state index in [-0.39, 0.29) is 5.97 Å². The highest BCUT2D eigenvalue weighted by Crippen LogP contribution is 2.13. The maximum absolute atomic E-state index is 11.4. The number of likely N-dealkylation sites (tertiary alicyclic amines) is 1. The molecule has 0 amide bonds. The van der Waals surface area contributed by atoms with E-state index in [1.165, 1.54) is 5.56 Å². The van der Waals surface area contributed by atoms with Crippen LogP contribution in [0.3, 0.4) is 0 Å². The minimum Gasteiger partial charge on any atom is -0.466 e. The van der Waals surface area contributed by atoms with Gasteiger partial charge in [-0.05, 0) is 38.7 Å². The van der Waals surface area contributed by atoms with Gasteiger partial charge in [-0.2, -0.15) is 0 Å². The number of esters is 1. The van der Waals surface area contributed by atoms with Crippen molar-refractivity contribution in [2.75, 3.05) is 32.8 Å². The third-order valence-electron chi connectivity index (χ3n) is 4.64. The van der Waals surface area contributed by atoms with Crippen LogP contribution in [0.4, 0.5) is 0 Å². The standard InChI is InChI=1S/C21H34N4O2/c1-3-22-21(23-14-8-11-20(26)27-4-2)24-19-12-15-25(16-13-19)17-18-9-6-5-7-10-18/h5-7,9-10,19H,3-4,8,11-17H2,1-2H3,(H2,22,23,24). The lowest BCUT2D eigenvalue weighted by Crippen LogP contribution is -2.48. The van der Waals surface area contributed by atoms with Crippen LogP contribution in [0.15, 0.2) is 35.3 Å². The summed E-state index contributed by atoms with van der Waals surface area (Å²) in [6, 6.07) is 11.1. The van der Waals surface area contributed by atoms with Gasteiger partial charge in [-0.15, -0.1) is 0 Å². The van der Waals surface area contributed by atoms with Crippen LogP contribution < -0.4 is 10.6 Å². The lowest BCUT2D eigenvalue weighted by molar-refractivity contribution is -0.143. The molecule has 1 aromatic rings. The Labute approximate surface area is 163 Å². The summed E-state index contributed by atoms with van der Waals surface area (Å²) in [5.74, 6) is 0.708. The van der Waals surface area contributed by atoms with E-state index in [1.807, 2.05) is 6.92 Å². The Morgan fingerprint density at radius 2 is 1.96 bits per heavy atom. The van der Waals surface area contributed by atoms with Crippen molar-refractivity contribution in [3.05, 3.63) is 35.9 Å². The number of guanidine groups is 1. The average molecular weight is 375 g/mol. The van der Waals surface area contributed by atoms with Crippen molar-refractivity contribution in [3.63, 3.8) is 0 Å². The van der Waals surface area contributed by atoms with E-state index in [9.17, 15) is 4.79 Å². The first-order chi connectivity index (χ1) is 13.2. The molecule has 2 rings (SSSR count). The second-order valence-electron chi connectivity index (χ2n) is 6.85. The number of nitrogens with zero attached hydrogens (tertiary/aromatic N) is 2. The number of hydrogen-bond acceptors (Lipinski definition) is 4. The second-order valence-corrected chi connectivity index (χ2v) is 6.85. The first-order valence-corrected chi connectivity index (χ1v) is 10.2. The molecule has 0 aromatic heterocycles. The molecule has 1 heterocycles. The van der Waals surface area contributed by atoms with E-state index in [0.717, 1.165) is 45.0 Å². The molecule has 0 aliphatic carbocycles. The van der Waals surface area contributed by atoms with Crippen molar-refractivity contribution in [2.45, 2.75) is 52.1 Å². The smallest absolute Gasteiger partial charge is 0.305 e. The van der Waals surface area contributed by atoms with E-state index in [4.69, 9.17) is 4.74 Å². The SMILES string of the molecule is CCNC(=NCCCC(=O)OCC)NC1CCN(Cc2ccccc2)CC1. The first kappa shape index (κ1) is 21.2. The van der Waals surface area contributed by atoms with Crippen LogP contribution in [-0.2, 0) is 16.1 Å². The predicted octanol–water partition coefficient (Wildman–Crippen LogP) is 2.55. The Morgan fingerprint density at radius 1 is 1.22 bits per heavy atom. The average Bonchev–Trinajstić information content (AvgIpc) is 2.68. The van der Waals surface area contributed by atoms with E-state index in [2.05, 4.69) is 57.8 Å². The predicted molar refractivity (Wildman–Crippen MR) is 110 cm³/mol. The van der Waals surface area contributed by atoms with E-state index >= 15 is 0 Å². The molecule has 1 aliphatic rings. The molecule has 0 radical (unpaired) electrons. The van der Waals surface area contributed by atoms with Gasteiger partial charge < -0.3 is 15.4 Å². The zero-order valence-electron chi connectivity index (χ0n) is 16.7. The molecule has 0 unspecified atom stereocenters. The number of rotatable bonds is 9. The molecule has 1 aliphatic heterocycles. The van der Waals surface area contributed by atoms with Crippen molar-refractivity contribution >= 4 is 11.9 Å². The number of carbonyl (C=O) groups excluding carboxylic acids is 1. The number of nitrogens with one attached hydrogen (secondary N) is 2. The number of piperidine rings is 1. The highest BCUT2D eigenvalue weighted by Gasteiger charge is 2.20. The van der Waals surface area contributed by atoms with Crippen LogP contribution in [0.1, 0.15) is 45.1 Å². The van der Waals surface area contributed by atoms with Crippen molar-refractivity contribution in [3.8, 4) is 0 Å². The zero-order chi connectivity index (χ0) is 19.3. The number of hydrogen-bond donors (Lipinski definition) is 2. The maximum Gasteiger partial charge on any atom is 0.305 e. The molecule has 1 fully saturated rings. The largest absolute Gasteiger partial charge is 0.466 e. The van der Waals surface area contributed by atoms with Gasteiger partial charge in [-0.3, -0.25) is 14.7 Å². The Kier molecular flexibility index (Phi) is 9.69. The summed E-state index contributed by atoms with van der Waals surface area (Å²) in [7, 11) is 0. The van der Waals surface area contributed by atoms with Crippen molar-refractivity contribution in [2.24, 2.45) is 4.99 Å². The van der Waals surface area contributed by atoms with Crippen molar-refractivity contribution < 1.29 is 9.53 Å². The summed E-state index contributed by atoms with van der Waals surface area (Å²) in [4.78, 5) is 18.5. The van der Waals surface area contributed by atoms with Gasteiger partial charge in [-0.25, -0.2) is 0 Å². The molecule has 27 heavy (non-hydrogen) atoms. The molecular formula is C21H34N4O2. The van der Waals surface area contributed by atoms with Gasteiger partial charge in [0, 0.05) is 45.2 Å². The number of ether oxygens (including phenoxy) is 1.